The summed E-state index contributed by atoms with van der Waals surface area (Å²) in [4.78, 5) is 36.1. The molecule has 0 aromatic carbocycles. The second-order valence-electron chi connectivity index (χ2n) is 4.49. The number of carboxylic acid groups (broad SMARTS) is 1. The van der Waals surface area contributed by atoms with Gasteiger partial charge >= 0.3 is 11.7 Å². The summed E-state index contributed by atoms with van der Waals surface area (Å²) in [7, 11) is 0. The van der Waals surface area contributed by atoms with Gasteiger partial charge in [0, 0.05) is 12.8 Å². The zero-order valence-electron chi connectivity index (χ0n) is 11.2. The number of ether oxygens (including phenoxy) is 1. The van der Waals surface area contributed by atoms with Crippen molar-refractivity contribution in [3.8, 4) is 0 Å². The van der Waals surface area contributed by atoms with E-state index in [1.165, 1.54) is 4.57 Å². The molecule has 0 amide bonds. The summed E-state index contributed by atoms with van der Waals surface area (Å²) in [5.74, 6) is -1.31. The van der Waals surface area contributed by atoms with Crippen molar-refractivity contribution in [1.82, 2.24) is 9.55 Å². The van der Waals surface area contributed by atoms with Gasteiger partial charge in [0.1, 0.15) is 5.56 Å². The third-order valence-corrected chi connectivity index (χ3v) is 2.82. The van der Waals surface area contributed by atoms with Crippen LogP contribution >= 0.6 is 0 Å². The summed E-state index contributed by atoms with van der Waals surface area (Å²) in [6, 6.07) is -0.331. The Bertz CT molecular complexity index is 558. The predicted molar refractivity (Wildman–Crippen MR) is 68.7 cm³/mol. The molecular weight excluding hydrogens is 252 g/mol. The Labute approximate surface area is 109 Å². The van der Waals surface area contributed by atoms with Gasteiger partial charge in [0.2, 0.25) is 0 Å². The molecule has 0 aliphatic carbocycles. The van der Waals surface area contributed by atoms with Gasteiger partial charge in [0.05, 0.1) is 12.6 Å². The van der Waals surface area contributed by atoms with E-state index in [1.807, 2.05) is 25.8 Å². The highest BCUT2D eigenvalue weighted by Crippen LogP contribution is 2.16. The number of hydrogen-bond acceptors (Lipinski definition) is 4. The van der Waals surface area contributed by atoms with Crippen molar-refractivity contribution in [3.05, 3.63) is 32.6 Å². The van der Waals surface area contributed by atoms with Crippen LogP contribution in [0.5, 0.6) is 0 Å². The SMILES string of the molecule is CCOCC(C(C)C)n1cc(C(=O)O)c(=O)[nH]c1=O. The number of nitrogens with one attached hydrogen (secondary N) is 1. The van der Waals surface area contributed by atoms with Crippen molar-refractivity contribution in [2.75, 3.05) is 13.2 Å². The third-order valence-electron chi connectivity index (χ3n) is 2.82. The van der Waals surface area contributed by atoms with Gasteiger partial charge in [0.15, 0.2) is 0 Å². The van der Waals surface area contributed by atoms with Crippen molar-refractivity contribution in [3.63, 3.8) is 0 Å². The van der Waals surface area contributed by atoms with Gasteiger partial charge in [0.25, 0.3) is 5.56 Å². The lowest BCUT2D eigenvalue weighted by molar-refractivity contribution is 0.0689. The average Bonchev–Trinajstić information content (AvgIpc) is 2.30. The maximum absolute atomic E-state index is 11.8. The Hall–Kier alpha value is -1.89. The number of carboxylic acids is 1. The fourth-order valence-electron chi connectivity index (χ4n) is 1.72. The van der Waals surface area contributed by atoms with Crippen LogP contribution in [0, 0.1) is 5.92 Å². The lowest BCUT2D eigenvalue weighted by Crippen LogP contribution is -2.38. The maximum atomic E-state index is 11.8. The standard InChI is InChI=1S/C12H18N2O5/c1-4-19-6-9(7(2)3)14-5-8(11(16)17)10(15)13-12(14)18/h5,7,9H,4,6H2,1-3H3,(H,16,17)(H,13,15,18). The van der Waals surface area contributed by atoms with E-state index in [-0.39, 0.29) is 18.6 Å². The van der Waals surface area contributed by atoms with Crippen LogP contribution in [-0.2, 0) is 4.74 Å². The lowest BCUT2D eigenvalue weighted by atomic mass is 10.1. The second-order valence-corrected chi connectivity index (χ2v) is 4.49. The van der Waals surface area contributed by atoms with Crippen LogP contribution in [0.15, 0.2) is 15.8 Å². The van der Waals surface area contributed by atoms with E-state index in [9.17, 15) is 14.4 Å². The summed E-state index contributed by atoms with van der Waals surface area (Å²) in [5.41, 5.74) is -1.98. The van der Waals surface area contributed by atoms with Crippen LogP contribution in [0.25, 0.3) is 0 Å². The lowest BCUT2D eigenvalue weighted by Gasteiger charge is -2.23. The number of aromatic amines is 1. The average molecular weight is 270 g/mol. The molecule has 0 bridgehead atoms. The van der Waals surface area contributed by atoms with E-state index < -0.39 is 22.8 Å². The molecule has 0 saturated carbocycles. The van der Waals surface area contributed by atoms with E-state index >= 15 is 0 Å². The number of carbonyl (C=O) groups is 1. The first-order valence-electron chi connectivity index (χ1n) is 6.05. The molecule has 0 aliphatic heterocycles. The van der Waals surface area contributed by atoms with Crippen LogP contribution in [0.4, 0.5) is 0 Å². The number of rotatable bonds is 6. The highest BCUT2D eigenvalue weighted by atomic mass is 16.5. The van der Waals surface area contributed by atoms with E-state index in [4.69, 9.17) is 9.84 Å². The highest BCUT2D eigenvalue weighted by molar-refractivity contribution is 5.86. The van der Waals surface area contributed by atoms with E-state index in [1.54, 1.807) is 0 Å². The first kappa shape index (κ1) is 15.2. The molecule has 7 heteroatoms. The summed E-state index contributed by atoms with van der Waals surface area (Å²) in [6.45, 7) is 6.38. The van der Waals surface area contributed by atoms with Gasteiger partial charge in [-0.1, -0.05) is 13.8 Å². The van der Waals surface area contributed by atoms with Crippen molar-refractivity contribution in [2.45, 2.75) is 26.8 Å². The molecule has 1 unspecified atom stereocenters. The second kappa shape index (κ2) is 6.33. The smallest absolute Gasteiger partial charge is 0.342 e. The molecule has 1 atom stereocenters. The molecule has 106 valence electrons. The minimum absolute atomic E-state index is 0.0526. The molecular formula is C12H18N2O5. The molecule has 0 aliphatic rings. The number of H-pyrrole nitrogens is 1. The van der Waals surface area contributed by atoms with Crippen molar-refractivity contribution < 1.29 is 14.6 Å². The topological polar surface area (TPSA) is 101 Å². The Morgan fingerprint density at radius 3 is 2.58 bits per heavy atom. The van der Waals surface area contributed by atoms with Crippen molar-refractivity contribution in [2.24, 2.45) is 5.92 Å². The predicted octanol–water partition coefficient (Wildman–Crippen LogP) is 0.468. The Morgan fingerprint density at radius 2 is 2.11 bits per heavy atom. The van der Waals surface area contributed by atoms with E-state index in [2.05, 4.69) is 0 Å². The summed E-state index contributed by atoms with van der Waals surface area (Å²) < 4.78 is 6.51. The van der Waals surface area contributed by atoms with Gasteiger partial charge < -0.3 is 9.84 Å². The van der Waals surface area contributed by atoms with Crippen molar-refractivity contribution >= 4 is 5.97 Å². The van der Waals surface area contributed by atoms with Gasteiger partial charge in [-0.05, 0) is 12.8 Å². The molecule has 0 fully saturated rings. The molecule has 0 saturated heterocycles. The summed E-state index contributed by atoms with van der Waals surface area (Å²) in [5, 5.41) is 8.91. The van der Waals surface area contributed by atoms with Gasteiger partial charge in [-0.15, -0.1) is 0 Å². The molecule has 1 heterocycles. The van der Waals surface area contributed by atoms with Gasteiger partial charge in [-0.3, -0.25) is 14.3 Å². The number of hydrogen-bond donors (Lipinski definition) is 2. The minimum Gasteiger partial charge on any atom is -0.477 e. The Balaban J connectivity index is 3.30. The molecule has 19 heavy (non-hydrogen) atoms. The first-order valence-corrected chi connectivity index (χ1v) is 6.05. The van der Waals surface area contributed by atoms with Gasteiger partial charge in [-0.2, -0.15) is 0 Å². The minimum atomic E-state index is -1.37. The zero-order chi connectivity index (χ0) is 14.6. The molecule has 2 N–H and O–H groups in total. The quantitative estimate of drug-likeness (QED) is 0.782. The van der Waals surface area contributed by atoms with Crippen LogP contribution < -0.4 is 11.2 Å². The molecule has 0 spiro atoms. The van der Waals surface area contributed by atoms with Crippen LogP contribution in [0.2, 0.25) is 0 Å². The first-order chi connectivity index (χ1) is 8.88. The van der Waals surface area contributed by atoms with Crippen LogP contribution in [0.1, 0.15) is 37.2 Å². The van der Waals surface area contributed by atoms with Gasteiger partial charge in [-0.25, -0.2) is 9.59 Å². The Morgan fingerprint density at radius 1 is 1.47 bits per heavy atom. The largest absolute Gasteiger partial charge is 0.477 e. The molecule has 0 radical (unpaired) electrons. The summed E-state index contributed by atoms with van der Waals surface area (Å²) in [6.07, 6.45) is 1.08. The summed E-state index contributed by atoms with van der Waals surface area (Å²) >= 11 is 0. The van der Waals surface area contributed by atoms with Crippen LogP contribution in [0.3, 0.4) is 0 Å². The zero-order valence-corrected chi connectivity index (χ0v) is 11.2. The molecule has 1 aromatic rings. The van der Waals surface area contributed by atoms with E-state index in [0.29, 0.717) is 6.61 Å². The highest BCUT2D eigenvalue weighted by Gasteiger charge is 2.20. The third kappa shape index (κ3) is 3.54. The van der Waals surface area contributed by atoms with Crippen LogP contribution in [-0.4, -0.2) is 33.8 Å². The number of aromatic nitrogens is 2. The fourth-order valence-corrected chi connectivity index (χ4v) is 1.72. The van der Waals surface area contributed by atoms with Crippen molar-refractivity contribution in [1.29, 1.82) is 0 Å². The maximum Gasteiger partial charge on any atom is 0.342 e. The number of aromatic carboxylic acids is 1. The molecule has 1 rings (SSSR count). The fraction of sp³-hybridized carbons (Fsp3) is 0.583. The molecule has 1 aromatic heterocycles. The monoisotopic (exact) mass is 270 g/mol. The van der Waals surface area contributed by atoms with E-state index in [0.717, 1.165) is 6.20 Å². The normalized spacial score (nSPS) is 12.6. The molecule has 7 nitrogen and oxygen atoms in total. The Kier molecular flexibility index (Phi) is 5.05. The number of nitrogens with zero attached hydrogens (tertiary/aromatic N) is 1.